The molecule has 3 rings (SSSR count). The number of anilines is 1. The lowest BCUT2D eigenvalue weighted by molar-refractivity contribution is 0.104. The number of ketones is 1. The number of halogens is 1. The summed E-state index contributed by atoms with van der Waals surface area (Å²) in [5.74, 6) is -0.171. The van der Waals surface area contributed by atoms with Crippen molar-refractivity contribution in [2.45, 2.75) is 13.3 Å². The van der Waals surface area contributed by atoms with Crippen LogP contribution in [0.15, 0.2) is 47.2 Å². The Morgan fingerprint density at radius 2 is 2.12 bits per heavy atom. The SMILES string of the molecule is CCCS(=O)(=O)Nc1cccc(C(=O)c2c[nH]c3ncc(Br)cc23)c1. The summed E-state index contributed by atoms with van der Waals surface area (Å²) in [7, 11) is -3.40. The summed E-state index contributed by atoms with van der Waals surface area (Å²) in [4.78, 5) is 20.0. The van der Waals surface area contributed by atoms with Crippen LogP contribution >= 0.6 is 15.9 Å². The topological polar surface area (TPSA) is 91.9 Å². The van der Waals surface area contributed by atoms with Gasteiger partial charge in [-0.1, -0.05) is 19.1 Å². The number of aromatic amines is 1. The summed E-state index contributed by atoms with van der Waals surface area (Å²) in [6.07, 6.45) is 3.78. The number of nitrogens with one attached hydrogen (secondary N) is 2. The van der Waals surface area contributed by atoms with Crippen LogP contribution in [0.4, 0.5) is 5.69 Å². The lowest BCUT2D eigenvalue weighted by atomic mass is 10.0. The van der Waals surface area contributed by atoms with Gasteiger partial charge in [-0.25, -0.2) is 13.4 Å². The molecule has 0 aliphatic rings. The van der Waals surface area contributed by atoms with E-state index >= 15 is 0 Å². The average Bonchev–Trinajstić information content (AvgIpc) is 2.96. The number of pyridine rings is 1. The van der Waals surface area contributed by atoms with Crippen LogP contribution in [0.25, 0.3) is 11.0 Å². The summed E-state index contributed by atoms with van der Waals surface area (Å²) in [6.45, 7) is 1.79. The van der Waals surface area contributed by atoms with Crippen LogP contribution in [0.2, 0.25) is 0 Å². The molecule has 8 heteroatoms. The molecule has 130 valence electrons. The Balaban J connectivity index is 1.95. The van der Waals surface area contributed by atoms with E-state index in [0.29, 0.717) is 34.3 Å². The van der Waals surface area contributed by atoms with E-state index in [-0.39, 0.29) is 11.5 Å². The van der Waals surface area contributed by atoms with E-state index in [2.05, 4.69) is 30.6 Å². The Kier molecular flexibility index (Phi) is 4.91. The minimum atomic E-state index is -3.40. The van der Waals surface area contributed by atoms with Gasteiger partial charge in [0, 0.05) is 39.1 Å². The number of aromatic nitrogens is 2. The second kappa shape index (κ2) is 6.97. The molecule has 0 bridgehead atoms. The van der Waals surface area contributed by atoms with Crippen molar-refractivity contribution in [2.24, 2.45) is 0 Å². The number of nitrogens with zero attached hydrogens (tertiary/aromatic N) is 1. The third kappa shape index (κ3) is 3.91. The normalized spacial score (nSPS) is 11.6. The van der Waals surface area contributed by atoms with E-state index in [9.17, 15) is 13.2 Å². The van der Waals surface area contributed by atoms with E-state index in [1.54, 1.807) is 43.6 Å². The van der Waals surface area contributed by atoms with Gasteiger partial charge in [0.1, 0.15) is 5.65 Å². The van der Waals surface area contributed by atoms with Gasteiger partial charge in [0.25, 0.3) is 0 Å². The van der Waals surface area contributed by atoms with Crippen molar-refractivity contribution >= 4 is 48.5 Å². The predicted octanol–water partition coefficient (Wildman–Crippen LogP) is 3.71. The van der Waals surface area contributed by atoms with Gasteiger partial charge in [-0.15, -0.1) is 0 Å². The number of fused-ring (bicyclic) bond motifs is 1. The van der Waals surface area contributed by atoms with Gasteiger partial charge in [-0.3, -0.25) is 9.52 Å². The van der Waals surface area contributed by atoms with Crippen LogP contribution in [0, 0.1) is 0 Å². The fourth-order valence-corrected chi connectivity index (χ4v) is 4.00. The predicted molar refractivity (Wildman–Crippen MR) is 101 cm³/mol. The molecule has 6 nitrogen and oxygen atoms in total. The van der Waals surface area contributed by atoms with Crippen molar-refractivity contribution < 1.29 is 13.2 Å². The molecule has 2 N–H and O–H groups in total. The summed E-state index contributed by atoms with van der Waals surface area (Å²) in [6, 6.07) is 8.29. The smallest absolute Gasteiger partial charge is 0.232 e. The van der Waals surface area contributed by atoms with Crippen LogP contribution in [-0.2, 0) is 10.0 Å². The first-order valence-corrected chi connectivity index (χ1v) is 10.1. The second-order valence-corrected chi connectivity index (χ2v) is 8.34. The average molecular weight is 422 g/mol. The van der Waals surface area contributed by atoms with Crippen LogP contribution in [0.5, 0.6) is 0 Å². The maximum atomic E-state index is 12.8. The largest absolute Gasteiger partial charge is 0.345 e. The Morgan fingerprint density at radius 3 is 2.88 bits per heavy atom. The van der Waals surface area contributed by atoms with Crippen molar-refractivity contribution in [3.8, 4) is 0 Å². The van der Waals surface area contributed by atoms with Gasteiger partial charge in [-0.05, 0) is 40.5 Å². The number of sulfonamides is 1. The van der Waals surface area contributed by atoms with Crippen LogP contribution in [0.3, 0.4) is 0 Å². The molecule has 0 atom stereocenters. The highest BCUT2D eigenvalue weighted by atomic mass is 79.9. The first-order valence-electron chi connectivity index (χ1n) is 7.67. The van der Waals surface area contributed by atoms with E-state index in [1.807, 2.05) is 6.07 Å². The Hall–Kier alpha value is -2.19. The molecule has 0 aliphatic heterocycles. The van der Waals surface area contributed by atoms with E-state index in [1.165, 1.54) is 0 Å². The zero-order valence-corrected chi connectivity index (χ0v) is 15.8. The Morgan fingerprint density at radius 1 is 1.32 bits per heavy atom. The molecule has 0 fully saturated rings. The molecule has 0 spiro atoms. The summed E-state index contributed by atoms with van der Waals surface area (Å²) >= 11 is 3.35. The zero-order valence-electron chi connectivity index (χ0n) is 13.4. The van der Waals surface area contributed by atoms with Crippen LogP contribution in [0.1, 0.15) is 29.3 Å². The standard InChI is InChI=1S/C17H16BrN3O3S/c1-2-6-25(23,24)21-13-5-3-4-11(7-13)16(22)15-10-20-17-14(15)8-12(18)9-19-17/h3-5,7-10,21H,2,6H2,1H3,(H,19,20). The van der Waals surface area contributed by atoms with E-state index in [0.717, 1.165) is 4.47 Å². The van der Waals surface area contributed by atoms with E-state index < -0.39 is 10.0 Å². The molecule has 0 saturated carbocycles. The highest BCUT2D eigenvalue weighted by molar-refractivity contribution is 9.10. The first-order chi connectivity index (χ1) is 11.9. The Bertz CT molecular complexity index is 1040. The fourth-order valence-electron chi connectivity index (χ4n) is 2.54. The molecule has 2 heterocycles. The minimum Gasteiger partial charge on any atom is -0.345 e. The van der Waals surface area contributed by atoms with Gasteiger partial charge in [0.2, 0.25) is 10.0 Å². The second-order valence-electron chi connectivity index (χ2n) is 5.58. The molecule has 0 radical (unpaired) electrons. The molecular weight excluding hydrogens is 406 g/mol. The van der Waals surface area contributed by atoms with Gasteiger partial charge in [0.05, 0.1) is 5.75 Å². The van der Waals surface area contributed by atoms with Gasteiger partial charge in [0.15, 0.2) is 5.78 Å². The van der Waals surface area contributed by atoms with Crippen molar-refractivity contribution in [1.29, 1.82) is 0 Å². The van der Waals surface area contributed by atoms with E-state index in [4.69, 9.17) is 0 Å². The molecule has 0 amide bonds. The molecule has 3 aromatic rings. The molecule has 25 heavy (non-hydrogen) atoms. The maximum absolute atomic E-state index is 12.8. The Labute approximate surface area is 153 Å². The highest BCUT2D eigenvalue weighted by Crippen LogP contribution is 2.24. The summed E-state index contributed by atoms with van der Waals surface area (Å²) < 4.78 is 27.1. The third-order valence-electron chi connectivity index (χ3n) is 3.61. The first kappa shape index (κ1) is 17.6. The van der Waals surface area contributed by atoms with Gasteiger partial charge >= 0.3 is 0 Å². The highest BCUT2D eigenvalue weighted by Gasteiger charge is 2.16. The number of hydrogen-bond donors (Lipinski definition) is 2. The minimum absolute atomic E-state index is 0.0350. The quantitative estimate of drug-likeness (QED) is 0.593. The molecule has 0 unspecified atom stereocenters. The lowest BCUT2D eigenvalue weighted by Gasteiger charge is -2.08. The monoisotopic (exact) mass is 421 g/mol. The van der Waals surface area contributed by atoms with Gasteiger partial charge in [-0.2, -0.15) is 0 Å². The summed E-state index contributed by atoms with van der Waals surface area (Å²) in [5, 5.41) is 0.705. The number of carbonyl (C=O) groups is 1. The maximum Gasteiger partial charge on any atom is 0.232 e. The third-order valence-corrected chi connectivity index (χ3v) is 5.54. The van der Waals surface area contributed by atoms with Gasteiger partial charge < -0.3 is 4.98 Å². The number of rotatable bonds is 6. The number of benzene rings is 1. The van der Waals surface area contributed by atoms with Crippen LogP contribution < -0.4 is 4.72 Å². The number of H-pyrrole nitrogens is 1. The molecular formula is C17H16BrN3O3S. The summed E-state index contributed by atoms with van der Waals surface area (Å²) in [5.41, 5.74) is 1.87. The van der Waals surface area contributed by atoms with Crippen molar-refractivity contribution in [3.63, 3.8) is 0 Å². The zero-order chi connectivity index (χ0) is 18.0. The fraction of sp³-hybridized carbons (Fsp3) is 0.176. The molecule has 0 saturated heterocycles. The van der Waals surface area contributed by atoms with Crippen molar-refractivity contribution in [2.75, 3.05) is 10.5 Å². The number of carbonyl (C=O) groups excluding carboxylic acids is 1. The molecule has 2 aromatic heterocycles. The van der Waals surface area contributed by atoms with Crippen molar-refractivity contribution in [3.05, 3.63) is 58.3 Å². The molecule has 0 aliphatic carbocycles. The van der Waals surface area contributed by atoms with Crippen molar-refractivity contribution in [1.82, 2.24) is 9.97 Å². The lowest BCUT2D eigenvalue weighted by Crippen LogP contribution is -2.16. The number of hydrogen-bond acceptors (Lipinski definition) is 4. The van der Waals surface area contributed by atoms with Crippen LogP contribution in [-0.4, -0.2) is 29.9 Å². The molecule has 1 aromatic carbocycles.